The van der Waals surface area contributed by atoms with Crippen LogP contribution in [0.3, 0.4) is 0 Å². The quantitative estimate of drug-likeness (QED) is 0.141. The first-order valence-electron chi connectivity index (χ1n) is 22.6. The lowest BCUT2D eigenvalue weighted by Crippen LogP contribution is -2.59. The van der Waals surface area contributed by atoms with Gasteiger partial charge in [0.25, 0.3) is 5.56 Å². The van der Waals surface area contributed by atoms with Crippen LogP contribution < -0.4 is 21.1 Å². The van der Waals surface area contributed by atoms with E-state index in [1.54, 1.807) is 28.4 Å². The minimum absolute atomic E-state index is 0.0181. The van der Waals surface area contributed by atoms with Crippen LogP contribution >= 0.6 is 0 Å². The molecule has 0 aliphatic carbocycles. The molecule has 0 radical (unpaired) electrons. The molecule has 5 amide bonds. The molecule has 2 aromatic carbocycles. The van der Waals surface area contributed by atoms with Gasteiger partial charge in [0.05, 0.1) is 11.7 Å². The molecule has 4 N–H and O–H groups in total. The Labute approximate surface area is 373 Å². The van der Waals surface area contributed by atoms with Gasteiger partial charge in [-0.05, 0) is 118 Å². The Kier molecular flexibility index (Phi) is 13.2. The van der Waals surface area contributed by atoms with Crippen LogP contribution in [-0.4, -0.2) is 129 Å². The summed E-state index contributed by atoms with van der Waals surface area (Å²) in [4.78, 5) is 84.1. The lowest BCUT2D eigenvalue weighted by molar-refractivity contribution is -0.137. The van der Waals surface area contributed by atoms with E-state index < -0.39 is 23.6 Å². The highest BCUT2D eigenvalue weighted by Crippen LogP contribution is 2.29. The van der Waals surface area contributed by atoms with Gasteiger partial charge in [0.1, 0.15) is 17.7 Å². The summed E-state index contributed by atoms with van der Waals surface area (Å²) in [7, 11) is 0. The molecule has 338 valence electrons. The zero-order chi connectivity index (χ0) is 45.0. The van der Waals surface area contributed by atoms with Gasteiger partial charge in [-0.2, -0.15) is 5.10 Å². The van der Waals surface area contributed by atoms with E-state index in [1.165, 1.54) is 0 Å². The molecule has 3 aliphatic rings. The van der Waals surface area contributed by atoms with E-state index in [2.05, 4.69) is 35.7 Å². The number of piperazine rings is 1. The van der Waals surface area contributed by atoms with E-state index in [1.807, 2.05) is 87.2 Å². The fraction of sp³-hybridized carbons (Fsp3) is 0.479. The predicted octanol–water partition coefficient (Wildman–Crippen LogP) is 5.48. The molecule has 16 heteroatoms. The largest absolute Gasteiger partial charge is 0.444 e. The summed E-state index contributed by atoms with van der Waals surface area (Å²) in [6, 6.07) is 15.3. The van der Waals surface area contributed by atoms with Crippen LogP contribution in [0.4, 0.5) is 15.3 Å². The number of likely N-dealkylation sites (tertiary alicyclic amines) is 2. The Morgan fingerprint density at radius 3 is 2.23 bits per heavy atom. The molecular formula is C48H60N10O6. The second-order valence-corrected chi connectivity index (χ2v) is 18.6. The van der Waals surface area contributed by atoms with E-state index in [9.17, 15) is 24.0 Å². The highest BCUT2D eigenvalue weighted by molar-refractivity contribution is 5.92. The van der Waals surface area contributed by atoms with Crippen LogP contribution in [0.5, 0.6) is 0 Å². The molecule has 2 atom stereocenters. The lowest BCUT2D eigenvalue weighted by Gasteiger charge is -2.39. The monoisotopic (exact) mass is 872 g/mol. The van der Waals surface area contributed by atoms with Gasteiger partial charge < -0.3 is 40.0 Å². The maximum Gasteiger partial charge on any atom is 0.410 e. The molecule has 64 heavy (non-hydrogen) atoms. The number of para-hydroxylation sites is 1. The minimum atomic E-state index is -1.01. The standard InChI is InChI=1S/C48H60N10O6/c1-31-25-33(26-36-30-50-54-42(31)36)28-40(53-46(62)57-19-13-34(14-20-57)38-29-35-7-5-6-8-39(35)51-43(38)59)44(60)52-41(27-32-11-17-58(18-12-32)47(63)64-48(2,3)4)45(61)56-23-21-55(22-24-56)37-9-15-49-16-10-37/h5-10,15-16,25-26,29-30,32,34,40-41H,11-14,17-24,27-28H2,1-4H3,(H,50,54)(H,51,59)(H,52,60)(H,53,62)/t40-,41-/m1/s1. The molecule has 3 aromatic heterocycles. The van der Waals surface area contributed by atoms with Crippen molar-refractivity contribution >= 4 is 51.4 Å². The molecule has 3 saturated heterocycles. The predicted molar refractivity (Wildman–Crippen MR) is 245 cm³/mol. The molecular weight excluding hydrogens is 813 g/mol. The van der Waals surface area contributed by atoms with Crippen LogP contribution in [0.1, 0.15) is 75.5 Å². The van der Waals surface area contributed by atoms with E-state index in [4.69, 9.17) is 4.74 Å². The number of aryl methyl sites for hydroxylation is 1. The van der Waals surface area contributed by atoms with Crippen molar-refractivity contribution in [2.45, 2.75) is 89.8 Å². The number of amides is 5. The van der Waals surface area contributed by atoms with Crippen LogP contribution in [0.15, 0.2) is 78.0 Å². The minimum Gasteiger partial charge on any atom is -0.444 e. The summed E-state index contributed by atoms with van der Waals surface area (Å²) in [5.41, 5.74) is 4.51. The van der Waals surface area contributed by atoms with E-state index >= 15 is 0 Å². The second-order valence-electron chi connectivity index (χ2n) is 18.6. The number of H-pyrrole nitrogens is 2. The van der Waals surface area contributed by atoms with Crippen LogP contribution in [-0.2, 0) is 20.7 Å². The van der Waals surface area contributed by atoms with Gasteiger partial charge in [-0.3, -0.25) is 24.5 Å². The molecule has 0 unspecified atom stereocenters. The van der Waals surface area contributed by atoms with Crippen molar-refractivity contribution in [3.8, 4) is 0 Å². The Morgan fingerprint density at radius 1 is 0.812 bits per heavy atom. The maximum atomic E-state index is 14.7. The Bertz CT molecular complexity index is 2510. The Balaban J connectivity index is 0.990. The van der Waals surface area contributed by atoms with Gasteiger partial charge in [-0.25, -0.2) is 9.59 Å². The molecule has 0 spiro atoms. The SMILES string of the molecule is Cc1cc(C[C@@H](NC(=O)N2CCC(c3cc4ccccc4[nH]c3=O)CC2)C(=O)N[C@H](CC2CCN(C(=O)OC(C)(C)C)CC2)C(=O)N2CCN(c3ccncc3)CC2)cc2cn[nH]c12. The topological polar surface area (TPSA) is 189 Å². The number of piperidine rings is 2. The smallest absolute Gasteiger partial charge is 0.410 e. The fourth-order valence-electron chi connectivity index (χ4n) is 9.44. The zero-order valence-electron chi connectivity index (χ0n) is 37.3. The third-order valence-corrected chi connectivity index (χ3v) is 12.9. The number of carbonyl (C=O) groups excluding carboxylic acids is 4. The van der Waals surface area contributed by atoms with E-state index in [0.717, 1.165) is 38.6 Å². The highest BCUT2D eigenvalue weighted by atomic mass is 16.6. The number of urea groups is 1. The summed E-state index contributed by atoms with van der Waals surface area (Å²) >= 11 is 0. The van der Waals surface area contributed by atoms with E-state index in [-0.39, 0.29) is 41.8 Å². The van der Waals surface area contributed by atoms with Crippen LogP contribution in [0.25, 0.3) is 21.8 Å². The Hall–Kier alpha value is -6.45. The number of benzene rings is 2. The van der Waals surface area contributed by atoms with Gasteiger partial charge in [-0.15, -0.1) is 0 Å². The van der Waals surface area contributed by atoms with Gasteiger partial charge in [0, 0.05) is 93.3 Å². The number of aromatic nitrogens is 4. The number of nitrogens with one attached hydrogen (secondary N) is 4. The first-order valence-corrected chi connectivity index (χ1v) is 22.6. The van der Waals surface area contributed by atoms with Crippen molar-refractivity contribution in [2.75, 3.05) is 57.3 Å². The van der Waals surface area contributed by atoms with Crippen LogP contribution in [0, 0.1) is 12.8 Å². The number of hydrogen-bond acceptors (Lipinski definition) is 9. The number of anilines is 1. The zero-order valence-corrected chi connectivity index (χ0v) is 37.3. The van der Waals surface area contributed by atoms with Gasteiger partial charge in [-0.1, -0.05) is 24.3 Å². The molecule has 3 fully saturated rings. The average Bonchev–Trinajstić information content (AvgIpc) is 3.78. The summed E-state index contributed by atoms with van der Waals surface area (Å²) in [5.74, 6) is -0.573. The summed E-state index contributed by atoms with van der Waals surface area (Å²) < 4.78 is 5.63. The number of nitrogens with zero attached hydrogens (tertiary/aromatic N) is 6. The summed E-state index contributed by atoms with van der Waals surface area (Å²) in [6.45, 7) is 11.5. The number of aromatic amines is 2. The van der Waals surface area contributed by atoms with Crippen molar-refractivity contribution < 1.29 is 23.9 Å². The fourth-order valence-corrected chi connectivity index (χ4v) is 9.44. The molecule has 0 saturated carbocycles. The molecule has 8 rings (SSSR count). The van der Waals surface area contributed by atoms with Gasteiger partial charge in [0.15, 0.2) is 0 Å². The molecule has 3 aliphatic heterocycles. The van der Waals surface area contributed by atoms with Crippen LogP contribution in [0.2, 0.25) is 0 Å². The van der Waals surface area contributed by atoms with Crippen molar-refractivity contribution in [3.05, 3.63) is 100 Å². The Morgan fingerprint density at radius 2 is 1.52 bits per heavy atom. The number of rotatable bonds is 10. The summed E-state index contributed by atoms with van der Waals surface area (Å²) in [6.07, 6.45) is 7.97. The van der Waals surface area contributed by atoms with Crippen molar-refractivity contribution in [3.63, 3.8) is 0 Å². The molecule has 6 heterocycles. The number of carbonyl (C=O) groups is 4. The number of pyridine rings is 2. The van der Waals surface area contributed by atoms with Crippen molar-refractivity contribution in [2.24, 2.45) is 5.92 Å². The van der Waals surface area contributed by atoms with Gasteiger partial charge in [0.2, 0.25) is 11.8 Å². The third kappa shape index (κ3) is 10.5. The lowest BCUT2D eigenvalue weighted by atomic mass is 9.89. The number of fused-ring (bicyclic) bond motifs is 2. The number of ether oxygens (including phenoxy) is 1. The summed E-state index contributed by atoms with van der Waals surface area (Å²) in [5, 5.41) is 15.3. The molecule has 5 aromatic rings. The molecule has 16 nitrogen and oxygen atoms in total. The van der Waals surface area contributed by atoms with Crippen molar-refractivity contribution in [1.29, 1.82) is 0 Å². The first-order chi connectivity index (χ1) is 30.8. The average molecular weight is 873 g/mol. The molecule has 0 bridgehead atoms. The first kappa shape index (κ1) is 44.2. The number of hydrogen-bond donors (Lipinski definition) is 4. The van der Waals surface area contributed by atoms with Crippen molar-refractivity contribution in [1.82, 2.24) is 45.5 Å². The second kappa shape index (κ2) is 19.1. The normalized spacial score (nSPS) is 17.6. The maximum absolute atomic E-state index is 14.7. The van der Waals surface area contributed by atoms with Gasteiger partial charge >= 0.3 is 12.1 Å². The highest BCUT2D eigenvalue weighted by Gasteiger charge is 2.36. The van der Waals surface area contributed by atoms with E-state index in [0.29, 0.717) is 90.0 Å². The third-order valence-electron chi connectivity index (χ3n) is 12.9.